The molecule has 4 nitrogen and oxygen atoms in total. The highest BCUT2D eigenvalue weighted by Crippen LogP contribution is 2.56. The lowest BCUT2D eigenvalue weighted by Crippen LogP contribution is -2.49. The van der Waals surface area contributed by atoms with Crippen LogP contribution >= 0.6 is 0 Å². The third-order valence-electron chi connectivity index (χ3n) is 7.08. The molecule has 0 aliphatic heterocycles. The normalized spacial score (nSPS) is 24.2. The second-order valence-electron chi connectivity index (χ2n) is 11.0. The number of aliphatic hydroxyl groups is 1. The molecule has 3 unspecified atom stereocenters. The quantitative estimate of drug-likeness (QED) is 0.335. The Bertz CT molecular complexity index is 958. The molecule has 3 atom stereocenters. The molecule has 1 saturated carbocycles. The lowest BCUT2D eigenvalue weighted by atomic mass is 9.55. The number of allylic oxidation sites excluding steroid dienone is 9. The smallest absolute Gasteiger partial charge is 0.176 e. The summed E-state index contributed by atoms with van der Waals surface area (Å²) < 4.78 is 5.78. The van der Waals surface area contributed by atoms with Crippen LogP contribution in [0.1, 0.15) is 87.5 Å². The van der Waals surface area contributed by atoms with Gasteiger partial charge in [0.2, 0.25) is 0 Å². The van der Waals surface area contributed by atoms with Gasteiger partial charge in [-0.25, -0.2) is 0 Å². The number of ketones is 2. The van der Waals surface area contributed by atoms with E-state index in [1.54, 1.807) is 0 Å². The van der Waals surface area contributed by atoms with Crippen molar-refractivity contribution in [3.05, 3.63) is 57.6 Å². The van der Waals surface area contributed by atoms with Gasteiger partial charge in [0.05, 0.1) is 18.1 Å². The third-order valence-corrected chi connectivity index (χ3v) is 7.08. The van der Waals surface area contributed by atoms with Gasteiger partial charge in [-0.3, -0.25) is 9.59 Å². The number of Topliss-reactive ketones (excluding diaryl/α,β-unsaturated/α-hetero) is 2. The van der Waals surface area contributed by atoms with Crippen LogP contribution in [0.25, 0.3) is 0 Å². The summed E-state index contributed by atoms with van der Waals surface area (Å²) in [5, 5.41) is 11.6. The predicted octanol–water partition coefficient (Wildman–Crippen LogP) is 7.59. The molecule has 2 aliphatic rings. The summed E-state index contributed by atoms with van der Waals surface area (Å²) >= 11 is 0. The van der Waals surface area contributed by atoms with Crippen LogP contribution in [-0.2, 0) is 14.3 Å². The standard InChI is InChI=1S/C30H44O4/c1-18(2)11-10-12-23-22(14-13-19(3)4)17-30(16-15-20(5)6)28(32)24(23)27(34-9)25(29(30)33)26(31)21(7)8/h11,13,15,21-23,33H,10,12,14,16-17H2,1-9H3. The van der Waals surface area contributed by atoms with E-state index in [9.17, 15) is 14.7 Å². The van der Waals surface area contributed by atoms with Crippen molar-refractivity contribution in [1.82, 2.24) is 0 Å². The van der Waals surface area contributed by atoms with Crippen molar-refractivity contribution in [3.8, 4) is 0 Å². The number of hydrogen-bond donors (Lipinski definition) is 1. The number of fused-ring (bicyclic) bond motifs is 2. The molecule has 0 spiro atoms. The van der Waals surface area contributed by atoms with Gasteiger partial charge >= 0.3 is 0 Å². The Kier molecular flexibility index (Phi) is 9.33. The van der Waals surface area contributed by atoms with Crippen molar-refractivity contribution in [2.45, 2.75) is 87.5 Å². The molecule has 2 rings (SSSR count). The van der Waals surface area contributed by atoms with E-state index in [-0.39, 0.29) is 46.4 Å². The first-order valence-corrected chi connectivity index (χ1v) is 12.6. The second kappa shape index (κ2) is 11.4. The van der Waals surface area contributed by atoms with Crippen molar-refractivity contribution in [3.63, 3.8) is 0 Å². The molecule has 188 valence electrons. The summed E-state index contributed by atoms with van der Waals surface area (Å²) in [6, 6.07) is 0. The minimum Gasteiger partial charge on any atom is -0.510 e. The van der Waals surface area contributed by atoms with Gasteiger partial charge in [-0.2, -0.15) is 0 Å². The highest BCUT2D eigenvalue weighted by atomic mass is 16.5. The molecule has 0 heterocycles. The SMILES string of the molecule is COC1=C2C(=O)C(CC=C(C)C)(CC(CC=C(C)C)C2CCC=C(C)C)C(O)=C1C(=O)C(C)C. The summed E-state index contributed by atoms with van der Waals surface area (Å²) in [5.41, 5.74) is 3.27. The molecule has 2 bridgehead atoms. The maximum Gasteiger partial charge on any atom is 0.176 e. The molecule has 4 heteroatoms. The van der Waals surface area contributed by atoms with Gasteiger partial charge in [-0.15, -0.1) is 0 Å². The Hall–Kier alpha value is -2.36. The van der Waals surface area contributed by atoms with Crippen molar-refractivity contribution in [2.75, 3.05) is 7.11 Å². The minimum absolute atomic E-state index is 0.0310. The van der Waals surface area contributed by atoms with Crippen LogP contribution in [0.3, 0.4) is 0 Å². The van der Waals surface area contributed by atoms with Gasteiger partial charge < -0.3 is 9.84 Å². The monoisotopic (exact) mass is 468 g/mol. The van der Waals surface area contributed by atoms with E-state index in [4.69, 9.17) is 4.74 Å². The highest BCUT2D eigenvalue weighted by molar-refractivity contribution is 6.12. The van der Waals surface area contributed by atoms with Gasteiger partial charge in [0.25, 0.3) is 0 Å². The maximum absolute atomic E-state index is 14.1. The van der Waals surface area contributed by atoms with E-state index in [0.717, 1.165) is 24.8 Å². The molecule has 1 fully saturated rings. The zero-order chi connectivity index (χ0) is 25.8. The molecule has 0 radical (unpaired) electrons. The van der Waals surface area contributed by atoms with Crippen LogP contribution in [-0.4, -0.2) is 23.8 Å². The van der Waals surface area contributed by atoms with Crippen molar-refractivity contribution < 1.29 is 19.4 Å². The van der Waals surface area contributed by atoms with Crippen LogP contribution in [0.5, 0.6) is 0 Å². The summed E-state index contributed by atoms with van der Waals surface area (Å²) in [7, 11) is 1.51. The zero-order valence-corrected chi connectivity index (χ0v) is 22.7. The summed E-state index contributed by atoms with van der Waals surface area (Å²) in [4.78, 5) is 27.5. The van der Waals surface area contributed by atoms with Crippen LogP contribution in [0.2, 0.25) is 0 Å². The number of hydrogen-bond acceptors (Lipinski definition) is 4. The summed E-state index contributed by atoms with van der Waals surface area (Å²) in [6.07, 6.45) is 9.86. The van der Waals surface area contributed by atoms with E-state index < -0.39 is 5.41 Å². The largest absolute Gasteiger partial charge is 0.510 e. The fourth-order valence-corrected chi connectivity index (χ4v) is 5.25. The Morgan fingerprint density at radius 1 is 1.06 bits per heavy atom. The molecular formula is C30H44O4. The Morgan fingerprint density at radius 2 is 1.65 bits per heavy atom. The number of rotatable bonds is 10. The predicted molar refractivity (Wildman–Crippen MR) is 139 cm³/mol. The van der Waals surface area contributed by atoms with Crippen molar-refractivity contribution in [2.24, 2.45) is 23.2 Å². The fraction of sp³-hybridized carbons (Fsp3) is 0.600. The fourth-order valence-electron chi connectivity index (χ4n) is 5.25. The molecule has 0 aromatic carbocycles. The minimum atomic E-state index is -1.11. The van der Waals surface area contributed by atoms with E-state index in [1.807, 2.05) is 33.8 Å². The number of aliphatic hydroxyl groups excluding tert-OH is 1. The van der Waals surface area contributed by atoms with E-state index in [0.29, 0.717) is 18.4 Å². The lowest BCUT2D eigenvalue weighted by molar-refractivity contribution is -0.130. The number of carbonyl (C=O) groups excluding carboxylic acids is 2. The number of carbonyl (C=O) groups is 2. The average molecular weight is 469 g/mol. The van der Waals surface area contributed by atoms with Gasteiger partial charge in [0, 0.05) is 11.5 Å². The third kappa shape index (κ3) is 5.64. The van der Waals surface area contributed by atoms with Crippen LogP contribution in [0.15, 0.2) is 57.6 Å². The molecule has 0 amide bonds. The number of methoxy groups -OCH3 is 1. The first-order chi connectivity index (χ1) is 15.9. The second-order valence-corrected chi connectivity index (χ2v) is 11.0. The molecule has 34 heavy (non-hydrogen) atoms. The molecule has 2 aliphatic carbocycles. The molecule has 0 aromatic rings. The van der Waals surface area contributed by atoms with Crippen LogP contribution < -0.4 is 0 Å². The van der Waals surface area contributed by atoms with Gasteiger partial charge in [-0.05, 0) is 85.5 Å². The van der Waals surface area contributed by atoms with Gasteiger partial charge in [0.15, 0.2) is 11.6 Å². The van der Waals surface area contributed by atoms with Crippen LogP contribution in [0.4, 0.5) is 0 Å². The molecule has 0 aromatic heterocycles. The van der Waals surface area contributed by atoms with E-state index in [2.05, 4.69) is 39.8 Å². The number of ether oxygens (including phenoxy) is 1. The maximum atomic E-state index is 14.1. The topological polar surface area (TPSA) is 63.6 Å². The Morgan fingerprint density at radius 3 is 2.15 bits per heavy atom. The summed E-state index contributed by atoms with van der Waals surface area (Å²) in [6.45, 7) is 16.0. The van der Waals surface area contributed by atoms with Gasteiger partial charge in [-0.1, -0.05) is 48.8 Å². The van der Waals surface area contributed by atoms with Gasteiger partial charge in [0.1, 0.15) is 11.5 Å². The van der Waals surface area contributed by atoms with Crippen molar-refractivity contribution >= 4 is 11.6 Å². The highest BCUT2D eigenvalue weighted by Gasteiger charge is 2.57. The van der Waals surface area contributed by atoms with E-state index in [1.165, 1.54) is 18.3 Å². The molecule has 1 N–H and O–H groups in total. The first kappa shape index (κ1) is 27.9. The Balaban J connectivity index is 2.81. The zero-order valence-electron chi connectivity index (χ0n) is 22.7. The summed E-state index contributed by atoms with van der Waals surface area (Å²) in [5.74, 6) is -0.236. The lowest BCUT2D eigenvalue weighted by Gasteiger charge is -2.48. The molecular weight excluding hydrogens is 424 g/mol. The first-order valence-electron chi connectivity index (χ1n) is 12.6. The Labute approximate surface area is 206 Å². The van der Waals surface area contributed by atoms with E-state index >= 15 is 0 Å². The van der Waals surface area contributed by atoms with Crippen molar-refractivity contribution in [1.29, 1.82) is 0 Å². The molecule has 0 saturated heterocycles. The average Bonchev–Trinajstić information content (AvgIpc) is 2.74. The van der Waals surface area contributed by atoms with Crippen LogP contribution in [0, 0.1) is 23.2 Å².